The maximum atomic E-state index is 13.0. The second-order valence-electron chi connectivity index (χ2n) is 6.96. The number of aromatic hydroxyl groups is 2. The second kappa shape index (κ2) is 6.09. The van der Waals surface area contributed by atoms with Gasteiger partial charge in [-0.25, -0.2) is 0 Å². The normalized spacial score (nSPS) is 16.4. The highest BCUT2D eigenvalue weighted by atomic mass is 16.3. The van der Waals surface area contributed by atoms with E-state index in [1.165, 1.54) is 17.1 Å². The smallest absolute Gasteiger partial charge is 0.280 e. The minimum absolute atomic E-state index is 0.199. The number of nitrogens with zero attached hydrogens (tertiary/aromatic N) is 2. The van der Waals surface area contributed by atoms with Crippen molar-refractivity contribution in [2.24, 2.45) is 10.5 Å². The third kappa shape index (κ3) is 3.26. The zero-order valence-electron chi connectivity index (χ0n) is 14.4. The van der Waals surface area contributed by atoms with Crippen molar-refractivity contribution < 1.29 is 15.0 Å². The fraction of sp³-hybridized carbons (Fsp3) is 0.200. The minimum atomic E-state index is -0.329. The summed E-state index contributed by atoms with van der Waals surface area (Å²) in [5.74, 6) is -0.645. The minimum Gasteiger partial charge on any atom is -0.504 e. The summed E-state index contributed by atoms with van der Waals surface area (Å²) in [5.41, 5.74) is 2.14. The van der Waals surface area contributed by atoms with Crippen LogP contribution in [-0.2, 0) is 4.79 Å². The first kappa shape index (κ1) is 16.8. The lowest BCUT2D eigenvalue weighted by atomic mass is 9.85. The Kier molecular flexibility index (Phi) is 4.08. The van der Waals surface area contributed by atoms with Crippen molar-refractivity contribution >= 4 is 23.4 Å². The van der Waals surface area contributed by atoms with E-state index in [4.69, 9.17) is 0 Å². The largest absolute Gasteiger partial charge is 0.504 e. The van der Waals surface area contributed by atoms with E-state index in [0.29, 0.717) is 22.5 Å². The van der Waals surface area contributed by atoms with Crippen LogP contribution in [0.4, 0.5) is 5.69 Å². The van der Waals surface area contributed by atoms with Crippen molar-refractivity contribution in [3.8, 4) is 11.5 Å². The molecule has 3 rings (SSSR count). The van der Waals surface area contributed by atoms with Crippen LogP contribution in [0.15, 0.2) is 59.2 Å². The molecule has 0 fully saturated rings. The maximum Gasteiger partial charge on any atom is 0.280 e. The number of para-hydroxylation sites is 1. The lowest BCUT2D eigenvalue weighted by Gasteiger charge is -2.18. The van der Waals surface area contributed by atoms with Crippen molar-refractivity contribution in [3.05, 3.63) is 59.7 Å². The van der Waals surface area contributed by atoms with Gasteiger partial charge in [0.1, 0.15) is 0 Å². The van der Waals surface area contributed by atoms with E-state index < -0.39 is 0 Å². The summed E-state index contributed by atoms with van der Waals surface area (Å²) in [5, 5.41) is 25.1. The highest BCUT2D eigenvalue weighted by molar-refractivity contribution is 6.34. The fourth-order valence-corrected chi connectivity index (χ4v) is 2.64. The Morgan fingerprint density at radius 2 is 1.68 bits per heavy atom. The molecule has 0 bridgehead atoms. The molecule has 1 amide bonds. The van der Waals surface area contributed by atoms with Gasteiger partial charge >= 0.3 is 0 Å². The van der Waals surface area contributed by atoms with Gasteiger partial charge in [0.2, 0.25) is 0 Å². The van der Waals surface area contributed by atoms with Gasteiger partial charge < -0.3 is 10.2 Å². The van der Waals surface area contributed by atoms with E-state index in [1.807, 2.05) is 51.1 Å². The number of anilines is 1. The number of rotatable bonds is 2. The second-order valence-corrected chi connectivity index (χ2v) is 6.96. The van der Waals surface area contributed by atoms with Crippen molar-refractivity contribution in [1.29, 1.82) is 0 Å². The van der Waals surface area contributed by atoms with Gasteiger partial charge in [0, 0.05) is 5.41 Å². The summed E-state index contributed by atoms with van der Waals surface area (Å²) >= 11 is 0. The Bertz CT molecular complexity index is 878. The van der Waals surface area contributed by atoms with Crippen molar-refractivity contribution in [3.63, 3.8) is 0 Å². The molecule has 5 nitrogen and oxygen atoms in total. The lowest BCUT2D eigenvalue weighted by molar-refractivity contribution is -0.114. The Morgan fingerprint density at radius 1 is 1.00 bits per heavy atom. The SMILES string of the molecule is CC(C)(C)C1=NN(c2ccccc2)C(=O)/C1=C\c1ccc(O)c(O)c1. The average molecular weight is 336 g/mol. The third-order valence-electron chi connectivity index (χ3n) is 3.90. The average Bonchev–Trinajstić information content (AvgIpc) is 2.89. The van der Waals surface area contributed by atoms with Gasteiger partial charge in [-0.05, 0) is 35.9 Å². The van der Waals surface area contributed by atoms with Crippen LogP contribution in [-0.4, -0.2) is 21.8 Å². The number of phenolic OH excluding ortho intramolecular Hbond substituents is 2. The topological polar surface area (TPSA) is 73.1 Å². The van der Waals surface area contributed by atoms with Crippen LogP contribution < -0.4 is 5.01 Å². The first-order chi connectivity index (χ1) is 11.8. The summed E-state index contributed by atoms with van der Waals surface area (Å²) in [6.45, 7) is 5.99. The molecule has 25 heavy (non-hydrogen) atoms. The molecular weight excluding hydrogens is 316 g/mol. The molecule has 1 aliphatic rings. The van der Waals surface area contributed by atoms with E-state index in [1.54, 1.807) is 12.1 Å². The Labute approximate surface area is 146 Å². The summed E-state index contributed by atoms with van der Waals surface area (Å²) in [4.78, 5) is 13.0. The Morgan fingerprint density at radius 3 is 2.28 bits per heavy atom. The van der Waals surface area contributed by atoms with E-state index in [9.17, 15) is 15.0 Å². The number of amides is 1. The summed E-state index contributed by atoms with van der Waals surface area (Å²) in [7, 11) is 0. The summed E-state index contributed by atoms with van der Waals surface area (Å²) < 4.78 is 0. The van der Waals surface area contributed by atoms with E-state index >= 15 is 0 Å². The third-order valence-corrected chi connectivity index (χ3v) is 3.90. The number of phenols is 2. The molecule has 128 valence electrons. The van der Waals surface area contributed by atoms with E-state index in [2.05, 4.69) is 5.10 Å². The number of hydrogen-bond donors (Lipinski definition) is 2. The van der Waals surface area contributed by atoms with Crippen LogP contribution in [0.1, 0.15) is 26.3 Å². The first-order valence-corrected chi connectivity index (χ1v) is 8.00. The molecular formula is C20H20N2O3. The molecule has 0 aliphatic carbocycles. The zero-order valence-corrected chi connectivity index (χ0v) is 14.4. The lowest BCUT2D eigenvalue weighted by Crippen LogP contribution is -2.24. The molecule has 0 saturated heterocycles. The molecule has 2 aromatic rings. The molecule has 0 aromatic heterocycles. The fourth-order valence-electron chi connectivity index (χ4n) is 2.64. The van der Waals surface area contributed by atoms with Crippen LogP contribution >= 0.6 is 0 Å². The van der Waals surface area contributed by atoms with E-state index in [0.717, 1.165) is 0 Å². The van der Waals surface area contributed by atoms with Crippen LogP contribution in [0, 0.1) is 5.41 Å². The van der Waals surface area contributed by atoms with Gasteiger partial charge in [-0.1, -0.05) is 45.0 Å². The molecule has 2 N–H and O–H groups in total. The molecule has 0 saturated carbocycles. The zero-order chi connectivity index (χ0) is 18.2. The van der Waals surface area contributed by atoms with Crippen molar-refractivity contribution in [2.75, 3.05) is 5.01 Å². The number of hydrazone groups is 1. The summed E-state index contributed by atoms with van der Waals surface area (Å²) in [6, 6.07) is 13.7. The van der Waals surface area contributed by atoms with Crippen LogP contribution in [0.2, 0.25) is 0 Å². The van der Waals surface area contributed by atoms with Crippen LogP contribution in [0.5, 0.6) is 11.5 Å². The first-order valence-electron chi connectivity index (χ1n) is 8.00. The van der Waals surface area contributed by atoms with Gasteiger partial charge in [0.25, 0.3) is 5.91 Å². The number of hydrogen-bond acceptors (Lipinski definition) is 4. The van der Waals surface area contributed by atoms with Crippen LogP contribution in [0.3, 0.4) is 0 Å². The highest BCUT2D eigenvalue weighted by Crippen LogP contribution is 2.33. The van der Waals surface area contributed by atoms with Gasteiger partial charge in [0.15, 0.2) is 11.5 Å². The molecule has 2 aromatic carbocycles. The van der Waals surface area contributed by atoms with Crippen molar-refractivity contribution in [1.82, 2.24) is 0 Å². The summed E-state index contributed by atoms with van der Waals surface area (Å²) in [6.07, 6.45) is 1.69. The predicted octanol–water partition coefficient (Wildman–Crippen LogP) is 3.93. The molecule has 0 unspecified atom stereocenters. The molecule has 0 radical (unpaired) electrons. The number of benzene rings is 2. The Balaban J connectivity index is 2.08. The molecule has 0 atom stereocenters. The van der Waals surface area contributed by atoms with Gasteiger partial charge in [-0.2, -0.15) is 10.1 Å². The van der Waals surface area contributed by atoms with Crippen molar-refractivity contribution in [2.45, 2.75) is 20.8 Å². The van der Waals surface area contributed by atoms with Gasteiger partial charge in [-0.3, -0.25) is 4.79 Å². The Hall–Kier alpha value is -3.08. The molecule has 0 spiro atoms. The standard InChI is InChI=1S/C20H20N2O3/c1-20(2,3)18-15(11-13-9-10-16(23)17(24)12-13)19(25)22(21-18)14-7-5-4-6-8-14/h4-12,23-24H,1-3H3/b15-11-. The number of carbonyl (C=O) groups is 1. The molecule has 1 heterocycles. The quantitative estimate of drug-likeness (QED) is 0.644. The molecule has 1 aliphatic heterocycles. The van der Waals surface area contributed by atoms with Gasteiger partial charge in [0.05, 0.1) is 17.0 Å². The van der Waals surface area contributed by atoms with Crippen LogP contribution in [0.25, 0.3) is 6.08 Å². The van der Waals surface area contributed by atoms with E-state index in [-0.39, 0.29) is 22.8 Å². The van der Waals surface area contributed by atoms with Gasteiger partial charge in [-0.15, -0.1) is 0 Å². The predicted molar refractivity (Wildman–Crippen MR) is 98.6 cm³/mol. The number of carbonyl (C=O) groups excluding carboxylic acids is 1. The highest BCUT2D eigenvalue weighted by Gasteiger charge is 2.37. The maximum absolute atomic E-state index is 13.0. The monoisotopic (exact) mass is 336 g/mol. The molecule has 5 heteroatoms.